The minimum absolute atomic E-state index is 0.232. The first-order valence-corrected chi connectivity index (χ1v) is 12.6. The van der Waals surface area contributed by atoms with E-state index in [1.165, 1.54) is 12.2 Å². The molecule has 186 valence electrons. The Hall–Kier alpha value is -2.71. The van der Waals surface area contributed by atoms with Crippen molar-refractivity contribution in [3.63, 3.8) is 0 Å². The van der Waals surface area contributed by atoms with Crippen LogP contribution < -0.4 is 0 Å². The molecule has 8 heteroatoms. The number of carbonyl (C=O) groups is 3. The van der Waals surface area contributed by atoms with Crippen LogP contribution in [-0.4, -0.2) is 37.2 Å². The Morgan fingerprint density at radius 3 is 1.74 bits per heavy atom. The molecule has 0 saturated carbocycles. The van der Waals surface area contributed by atoms with Crippen LogP contribution in [0.3, 0.4) is 0 Å². The highest BCUT2D eigenvalue weighted by atomic mass is 79.9. The Morgan fingerprint density at radius 1 is 0.800 bits per heavy atom. The van der Waals surface area contributed by atoms with Gasteiger partial charge in [-0.3, -0.25) is 4.79 Å². The molecule has 0 aliphatic carbocycles. The molecular weight excluding hydrogens is 580 g/mol. The fourth-order valence-corrected chi connectivity index (χ4v) is 3.06. The van der Waals surface area contributed by atoms with Crippen LogP contribution in [0, 0.1) is 5.41 Å². The number of benzene rings is 2. The van der Waals surface area contributed by atoms with E-state index in [4.69, 9.17) is 14.2 Å². The first-order chi connectivity index (χ1) is 16.6. The second-order valence-corrected chi connectivity index (χ2v) is 10.1. The Kier molecular flexibility index (Phi) is 11.4. The molecule has 0 N–H and O–H groups in total. The molecule has 2 rings (SSSR count). The zero-order chi connectivity index (χ0) is 25.8. The minimum Gasteiger partial charge on any atom is -0.461 e. The molecule has 1 unspecified atom stereocenters. The molecule has 1 atom stereocenters. The fourth-order valence-electron chi connectivity index (χ4n) is 2.53. The van der Waals surface area contributed by atoms with Crippen molar-refractivity contribution in [3.05, 3.63) is 80.8 Å². The van der Waals surface area contributed by atoms with Crippen LogP contribution >= 0.6 is 31.9 Å². The van der Waals surface area contributed by atoms with Crippen LogP contribution in [0.4, 0.5) is 0 Å². The quantitative estimate of drug-likeness (QED) is 0.168. The summed E-state index contributed by atoms with van der Waals surface area (Å²) in [6.45, 7) is 4.92. The van der Waals surface area contributed by atoms with Gasteiger partial charge in [-0.25, -0.2) is 9.59 Å². The number of hydrogen-bond acceptors (Lipinski definition) is 6. The molecule has 0 bridgehead atoms. The van der Waals surface area contributed by atoms with E-state index >= 15 is 0 Å². The van der Waals surface area contributed by atoms with Gasteiger partial charge >= 0.3 is 17.9 Å². The summed E-state index contributed by atoms with van der Waals surface area (Å²) in [4.78, 5) is 36.9. The lowest BCUT2D eigenvalue weighted by atomic mass is 9.91. The lowest BCUT2D eigenvalue weighted by Gasteiger charge is -2.23. The van der Waals surface area contributed by atoms with E-state index in [1.807, 2.05) is 55.5 Å². The lowest BCUT2D eigenvalue weighted by Crippen LogP contribution is -2.33. The fraction of sp³-hybridized carbons (Fsp3) is 0.296. The summed E-state index contributed by atoms with van der Waals surface area (Å²) in [6, 6.07) is 14.8. The molecule has 2 aromatic rings. The van der Waals surface area contributed by atoms with E-state index in [9.17, 15) is 14.4 Å². The minimum atomic E-state index is -0.960. The predicted molar refractivity (Wildman–Crippen MR) is 142 cm³/mol. The molecule has 2 aromatic carbocycles. The molecule has 0 heterocycles. The Labute approximate surface area is 222 Å². The van der Waals surface area contributed by atoms with E-state index in [1.54, 1.807) is 26.0 Å². The van der Waals surface area contributed by atoms with Crippen molar-refractivity contribution in [1.29, 1.82) is 0 Å². The summed E-state index contributed by atoms with van der Waals surface area (Å²) in [7, 11) is 0. The van der Waals surface area contributed by atoms with E-state index in [0.717, 1.165) is 20.1 Å². The molecule has 0 aliphatic heterocycles. The second-order valence-electron chi connectivity index (χ2n) is 8.29. The molecule has 0 fully saturated rings. The third kappa shape index (κ3) is 10.6. The summed E-state index contributed by atoms with van der Waals surface area (Å²) < 4.78 is 17.8. The second kappa shape index (κ2) is 14.0. The maximum atomic E-state index is 12.4. The molecule has 6 nitrogen and oxygen atoms in total. The van der Waals surface area contributed by atoms with Gasteiger partial charge in [-0.05, 0) is 67.8 Å². The number of hydrogen-bond donors (Lipinski definition) is 0. The van der Waals surface area contributed by atoms with Gasteiger partial charge < -0.3 is 14.2 Å². The van der Waals surface area contributed by atoms with Crippen LogP contribution in [0.5, 0.6) is 0 Å². The Balaban J connectivity index is 1.99. The highest BCUT2D eigenvalue weighted by Crippen LogP contribution is 2.21. The third-order valence-electron chi connectivity index (χ3n) is 5.09. The lowest BCUT2D eigenvalue weighted by molar-refractivity contribution is -0.167. The van der Waals surface area contributed by atoms with Crippen molar-refractivity contribution >= 4 is 61.9 Å². The van der Waals surface area contributed by atoms with Gasteiger partial charge in [0.05, 0.1) is 5.41 Å². The van der Waals surface area contributed by atoms with Gasteiger partial charge in [-0.15, -0.1) is 0 Å². The molecule has 0 amide bonds. The summed E-state index contributed by atoms with van der Waals surface area (Å²) in [5, 5.41) is 0. The van der Waals surface area contributed by atoms with Crippen molar-refractivity contribution in [2.75, 3.05) is 13.2 Å². The SMILES string of the molecule is CCC(C)(C)C(=O)OCC(COC(=O)/C=C/c1ccc(Br)cc1)OC(=O)/C=C/c1ccc(Br)cc1. The van der Waals surface area contributed by atoms with E-state index in [2.05, 4.69) is 31.9 Å². The Bertz CT molecular complexity index is 1060. The first kappa shape index (κ1) is 28.5. The van der Waals surface area contributed by atoms with Crippen molar-refractivity contribution in [2.24, 2.45) is 5.41 Å². The molecule has 0 radical (unpaired) electrons. The summed E-state index contributed by atoms with van der Waals surface area (Å²) in [5.74, 6) is -1.68. The number of halogens is 2. The summed E-state index contributed by atoms with van der Waals surface area (Å²) in [6.07, 6.45) is 5.39. The molecule has 0 saturated heterocycles. The normalized spacial score (nSPS) is 12.5. The van der Waals surface area contributed by atoms with Gasteiger partial charge in [0.2, 0.25) is 0 Å². The van der Waals surface area contributed by atoms with Crippen molar-refractivity contribution in [2.45, 2.75) is 33.3 Å². The van der Waals surface area contributed by atoms with Gasteiger partial charge in [0.1, 0.15) is 13.2 Å². The summed E-state index contributed by atoms with van der Waals surface area (Å²) >= 11 is 6.71. The topological polar surface area (TPSA) is 78.9 Å². The van der Waals surface area contributed by atoms with Gasteiger partial charge in [-0.2, -0.15) is 0 Å². The zero-order valence-corrected chi connectivity index (χ0v) is 23.0. The molecule has 0 spiro atoms. The largest absolute Gasteiger partial charge is 0.461 e. The van der Waals surface area contributed by atoms with Crippen LogP contribution in [-0.2, 0) is 28.6 Å². The first-order valence-electron chi connectivity index (χ1n) is 11.0. The van der Waals surface area contributed by atoms with Gasteiger partial charge in [0, 0.05) is 21.1 Å². The zero-order valence-electron chi connectivity index (χ0n) is 19.8. The van der Waals surface area contributed by atoms with E-state index in [0.29, 0.717) is 6.42 Å². The van der Waals surface area contributed by atoms with Crippen molar-refractivity contribution in [1.82, 2.24) is 0 Å². The molecular formula is C27H28Br2O6. The van der Waals surface area contributed by atoms with Crippen LogP contribution in [0.25, 0.3) is 12.2 Å². The number of esters is 3. The van der Waals surface area contributed by atoms with Gasteiger partial charge in [0.25, 0.3) is 0 Å². The molecule has 0 aliphatic rings. The highest BCUT2D eigenvalue weighted by molar-refractivity contribution is 9.10. The van der Waals surface area contributed by atoms with Gasteiger partial charge in [-0.1, -0.05) is 63.0 Å². The monoisotopic (exact) mass is 606 g/mol. The molecule has 0 aromatic heterocycles. The number of ether oxygens (including phenoxy) is 3. The average molecular weight is 608 g/mol. The predicted octanol–water partition coefficient (Wildman–Crippen LogP) is 6.37. The van der Waals surface area contributed by atoms with Crippen molar-refractivity contribution in [3.8, 4) is 0 Å². The van der Waals surface area contributed by atoms with Crippen LogP contribution in [0.2, 0.25) is 0 Å². The smallest absolute Gasteiger partial charge is 0.331 e. The van der Waals surface area contributed by atoms with Crippen LogP contribution in [0.1, 0.15) is 38.3 Å². The maximum absolute atomic E-state index is 12.4. The number of rotatable bonds is 11. The summed E-state index contributed by atoms with van der Waals surface area (Å²) in [5.41, 5.74) is 0.949. The number of carbonyl (C=O) groups excluding carboxylic acids is 3. The third-order valence-corrected chi connectivity index (χ3v) is 6.15. The maximum Gasteiger partial charge on any atom is 0.331 e. The average Bonchev–Trinajstić information content (AvgIpc) is 2.84. The van der Waals surface area contributed by atoms with E-state index in [-0.39, 0.29) is 13.2 Å². The van der Waals surface area contributed by atoms with Crippen molar-refractivity contribution < 1.29 is 28.6 Å². The highest BCUT2D eigenvalue weighted by Gasteiger charge is 2.28. The Morgan fingerprint density at radius 2 is 1.26 bits per heavy atom. The van der Waals surface area contributed by atoms with Gasteiger partial charge in [0.15, 0.2) is 6.10 Å². The van der Waals surface area contributed by atoms with E-state index < -0.39 is 29.4 Å². The van der Waals surface area contributed by atoms with Crippen LogP contribution in [0.15, 0.2) is 69.6 Å². The standard InChI is InChI=1S/C27H28Br2O6/c1-4-27(2,3)26(32)34-18-23(35-25(31)16-10-20-7-13-22(29)14-8-20)17-33-24(30)15-9-19-5-11-21(28)12-6-19/h5-16,23H,4,17-18H2,1-3H3/b15-9+,16-10+. The molecule has 35 heavy (non-hydrogen) atoms.